The summed E-state index contributed by atoms with van der Waals surface area (Å²) in [6, 6.07) is 20.7. The molecule has 3 aromatic carbocycles. The van der Waals surface area contributed by atoms with Crippen LogP contribution < -0.4 is 20.0 Å². The van der Waals surface area contributed by atoms with Gasteiger partial charge in [-0.15, -0.1) is 0 Å². The summed E-state index contributed by atoms with van der Waals surface area (Å²) in [5.74, 6) is -3.00. The lowest BCUT2D eigenvalue weighted by Gasteiger charge is -2.31. The Morgan fingerprint density at radius 2 is 1.56 bits per heavy atom. The van der Waals surface area contributed by atoms with Crippen LogP contribution >= 0.6 is 34.7 Å². The fraction of sp³-hybridized carbons (Fsp3) is 0.286. The van der Waals surface area contributed by atoms with Crippen LogP contribution in [0.5, 0.6) is 0 Å². The van der Waals surface area contributed by atoms with Crippen LogP contribution in [0.15, 0.2) is 82.6 Å². The summed E-state index contributed by atoms with van der Waals surface area (Å²) in [6.07, 6.45) is 0. The molecule has 3 atom stereocenters. The molecule has 0 saturated carbocycles. The minimum absolute atomic E-state index is 0.248. The maximum absolute atomic E-state index is 14.1. The van der Waals surface area contributed by atoms with Crippen molar-refractivity contribution in [1.82, 2.24) is 4.57 Å². The minimum Gasteiger partial charge on any atom is -0.462 e. The number of halogens is 1. The molecule has 248 valence electrons. The predicted molar refractivity (Wildman–Crippen MR) is 189 cm³/mol. The first kappa shape index (κ1) is 33.5. The van der Waals surface area contributed by atoms with Crippen LogP contribution in [0.1, 0.15) is 47.5 Å². The van der Waals surface area contributed by atoms with Crippen LogP contribution in [-0.2, 0) is 25.7 Å². The maximum Gasteiger partial charge on any atom is 0.338 e. The van der Waals surface area contributed by atoms with Crippen molar-refractivity contribution in [3.63, 3.8) is 0 Å². The Morgan fingerprint density at radius 3 is 2.19 bits per heavy atom. The molecule has 0 bridgehead atoms. The quantitative estimate of drug-likeness (QED) is 0.157. The van der Waals surface area contributed by atoms with Crippen LogP contribution in [0.25, 0.3) is 0 Å². The molecule has 3 heterocycles. The van der Waals surface area contributed by atoms with Gasteiger partial charge in [-0.3, -0.25) is 23.7 Å². The lowest BCUT2D eigenvalue weighted by atomic mass is 9.83. The topological polar surface area (TPSA) is 118 Å². The van der Waals surface area contributed by atoms with Gasteiger partial charge in [-0.2, -0.15) is 0 Å². The number of fused-ring (bicyclic) bond motifs is 2. The highest BCUT2D eigenvalue weighted by Crippen LogP contribution is 2.54. The number of amides is 3. The number of rotatable bonds is 10. The number of nitrogens with zero attached hydrogens (tertiary/aromatic N) is 3. The standard InChI is InChI=1S/C35H33ClN4O6S2/c1-4-38(5-2)24-15-9-20(10-16-24)27-28-29(32(43)40(31(28)42)25-17-11-22(36)12-18-25)47-33-30(27)48-35(45)39(33)19-26(41)37-23-13-7-21(8-14-23)34(44)46-6-3/h7-18,27-29H,4-6,19H2,1-3H3,(H,37,41)/t27-,28-,29+/m0/s1. The van der Waals surface area contributed by atoms with Gasteiger partial charge in [0.2, 0.25) is 17.7 Å². The Hall–Kier alpha value is -4.39. The molecule has 3 amide bonds. The summed E-state index contributed by atoms with van der Waals surface area (Å²) in [7, 11) is 0. The number of esters is 1. The third kappa shape index (κ3) is 6.27. The van der Waals surface area contributed by atoms with E-state index in [1.807, 2.05) is 24.3 Å². The Labute approximate surface area is 290 Å². The van der Waals surface area contributed by atoms with Crippen molar-refractivity contribution >= 4 is 75.5 Å². The van der Waals surface area contributed by atoms with Crippen LogP contribution in [0, 0.1) is 5.92 Å². The zero-order valence-electron chi connectivity index (χ0n) is 26.5. The highest BCUT2D eigenvalue weighted by molar-refractivity contribution is 8.00. The molecule has 10 nitrogen and oxygen atoms in total. The average molecular weight is 705 g/mol. The molecule has 2 aliphatic heterocycles. The monoisotopic (exact) mass is 704 g/mol. The predicted octanol–water partition coefficient (Wildman–Crippen LogP) is 6.02. The number of hydrogen-bond acceptors (Lipinski definition) is 9. The molecule has 13 heteroatoms. The Balaban J connectivity index is 1.35. The molecule has 0 aliphatic carbocycles. The molecule has 4 aromatic rings. The van der Waals surface area contributed by atoms with E-state index in [1.165, 1.54) is 9.47 Å². The van der Waals surface area contributed by atoms with Gasteiger partial charge in [-0.25, -0.2) is 9.69 Å². The zero-order valence-corrected chi connectivity index (χ0v) is 28.9. The summed E-state index contributed by atoms with van der Waals surface area (Å²) in [5.41, 5.74) is 3.05. The SMILES string of the molecule is CCOC(=O)c1ccc(NC(=O)Cn2c3c(sc2=O)[C@@H](c2ccc(N(CC)CC)cc2)[C@@H]2C(=O)N(c4ccc(Cl)cc4)C(=O)[C@@H]2S3)cc1. The second-order valence-corrected chi connectivity index (χ2v) is 13.8. The third-order valence-corrected chi connectivity index (χ3v) is 11.4. The van der Waals surface area contributed by atoms with Gasteiger partial charge in [0.15, 0.2) is 0 Å². The Kier molecular flexibility index (Phi) is 9.77. The first-order chi connectivity index (χ1) is 23.1. The fourth-order valence-corrected chi connectivity index (χ4v) is 9.09. The lowest BCUT2D eigenvalue weighted by molar-refractivity contribution is -0.122. The molecule has 1 aromatic heterocycles. The first-order valence-corrected chi connectivity index (χ1v) is 17.7. The van der Waals surface area contributed by atoms with E-state index in [9.17, 15) is 24.0 Å². The van der Waals surface area contributed by atoms with Crippen molar-refractivity contribution < 1.29 is 23.9 Å². The zero-order chi connectivity index (χ0) is 34.1. The van der Waals surface area contributed by atoms with Crippen LogP contribution in [0.3, 0.4) is 0 Å². The number of nitrogens with one attached hydrogen (secondary N) is 1. The number of hydrogen-bond donors (Lipinski definition) is 1. The number of thioether (sulfide) groups is 1. The Morgan fingerprint density at radius 1 is 0.896 bits per heavy atom. The molecular weight excluding hydrogens is 672 g/mol. The summed E-state index contributed by atoms with van der Waals surface area (Å²) < 4.78 is 6.39. The summed E-state index contributed by atoms with van der Waals surface area (Å²) in [5, 5.41) is 2.94. The highest BCUT2D eigenvalue weighted by Gasteiger charge is 2.56. The van der Waals surface area contributed by atoms with E-state index in [0.29, 0.717) is 31.9 Å². The highest BCUT2D eigenvalue weighted by atomic mass is 35.5. The lowest BCUT2D eigenvalue weighted by Crippen LogP contribution is -2.33. The van der Waals surface area contributed by atoms with E-state index in [4.69, 9.17) is 16.3 Å². The smallest absolute Gasteiger partial charge is 0.338 e. The third-order valence-electron chi connectivity index (χ3n) is 8.50. The number of benzene rings is 3. The molecule has 2 aliphatic rings. The van der Waals surface area contributed by atoms with E-state index < -0.39 is 29.0 Å². The van der Waals surface area contributed by atoms with Crippen LogP contribution in [0.4, 0.5) is 17.1 Å². The van der Waals surface area contributed by atoms with Gasteiger partial charge in [-0.1, -0.05) is 46.8 Å². The number of thiazole rings is 1. The van der Waals surface area contributed by atoms with Gasteiger partial charge in [0.25, 0.3) is 0 Å². The second kappa shape index (κ2) is 14.0. The van der Waals surface area contributed by atoms with Gasteiger partial charge in [0.1, 0.15) is 11.8 Å². The number of carbonyl (C=O) groups excluding carboxylic acids is 4. The molecule has 6 rings (SSSR count). The number of carbonyl (C=O) groups is 4. The number of aromatic nitrogens is 1. The van der Waals surface area contributed by atoms with E-state index in [0.717, 1.165) is 47.4 Å². The summed E-state index contributed by atoms with van der Waals surface area (Å²) in [4.78, 5) is 70.6. The normalized spacial score (nSPS) is 18.3. The largest absolute Gasteiger partial charge is 0.462 e. The number of imide groups is 1. The first-order valence-electron chi connectivity index (χ1n) is 15.6. The van der Waals surface area contributed by atoms with Gasteiger partial charge in [-0.05, 0) is 87.0 Å². The van der Waals surface area contributed by atoms with Crippen LogP contribution in [-0.4, -0.2) is 53.2 Å². The minimum atomic E-state index is -0.813. The van der Waals surface area contributed by atoms with Crippen molar-refractivity contribution in [2.75, 3.05) is 34.8 Å². The molecule has 1 saturated heterocycles. The maximum atomic E-state index is 14.1. The molecule has 0 unspecified atom stereocenters. The van der Waals surface area contributed by atoms with E-state index >= 15 is 0 Å². The van der Waals surface area contributed by atoms with E-state index in [2.05, 4.69) is 24.1 Å². The number of anilines is 3. The van der Waals surface area contributed by atoms with Crippen molar-refractivity contribution in [2.45, 2.75) is 43.5 Å². The van der Waals surface area contributed by atoms with Crippen molar-refractivity contribution in [2.24, 2.45) is 5.92 Å². The average Bonchev–Trinajstić information content (AvgIpc) is 3.52. The molecule has 1 N–H and O–H groups in total. The fourth-order valence-electron chi connectivity index (χ4n) is 6.19. The second-order valence-electron chi connectivity index (χ2n) is 11.3. The molecule has 1 fully saturated rings. The summed E-state index contributed by atoms with van der Waals surface area (Å²) >= 11 is 8.25. The van der Waals surface area contributed by atoms with Gasteiger partial charge in [0, 0.05) is 40.3 Å². The van der Waals surface area contributed by atoms with Crippen molar-refractivity contribution in [3.8, 4) is 0 Å². The Bertz CT molecular complexity index is 1920. The molecular formula is C35H33ClN4O6S2. The van der Waals surface area contributed by atoms with E-state index in [-0.39, 0.29) is 29.8 Å². The number of ether oxygens (including phenoxy) is 1. The van der Waals surface area contributed by atoms with Gasteiger partial charge >= 0.3 is 10.8 Å². The van der Waals surface area contributed by atoms with Gasteiger partial charge < -0.3 is 15.0 Å². The molecule has 48 heavy (non-hydrogen) atoms. The molecule has 0 radical (unpaired) electrons. The van der Waals surface area contributed by atoms with Crippen molar-refractivity contribution in [3.05, 3.63) is 103 Å². The molecule has 0 spiro atoms. The summed E-state index contributed by atoms with van der Waals surface area (Å²) in [6.45, 7) is 7.48. The van der Waals surface area contributed by atoms with Gasteiger partial charge in [0.05, 0.1) is 28.8 Å². The van der Waals surface area contributed by atoms with Crippen molar-refractivity contribution in [1.29, 1.82) is 0 Å². The van der Waals surface area contributed by atoms with Crippen LogP contribution in [0.2, 0.25) is 5.02 Å². The van der Waals surface area contributed by atoms with E-state index in [1.54, 1.807) is 55.5 Å².